The quantitative estimate of drug-likeness (QED) is 0.737. The van der Waals surface area contributed by atoms with Crippen molar-refractivity contribution in [3.63, 3.8) is 0 Å². The van der Waals surface area contributed by atoms with Crippen molar-refractivity contribution in [1.29, 1.82) is 0 Å². The van der Waals surface area contributed by atoms with E-state index in [0.29, 0.717) is 12.2 Å². The molecule has 1 N–H and O–H groups in total. The summed E-state index contributed by atoms with van der Waals surface area (Å²) in [5.74, 6) is 1.57. The average Bonchev–Trinajstić information content (AvgIpc) is 3.01. The number of benzene rings is 1. The summed E-state index contributed by atoms with van der Waals surface area (Å²) in [4.78, 5) is 18.8. The minimum atomic E-state index is -0.201. The molecule has 0 unspecified atom stereocenters. The maximum absolute atomic E-state index is 12.2. The van der Waals surface area contributed by atoms with Crippen LogP contribution in [-0.2, 0) is 26.1 Å². The zero-order chi connectivity index (χ0) is 19.3. The van der Waals surface area contributed by atoms with Gasteiger partial charge in [-0.3, -0.25) is 14.7 Å². The van der Waals surface area contributed by atoms with Gasteiger partial charge in [0.05, 0.1) is 6.54 Å². The summed E-state index contributed by atoms with van der Waals surface area (Å²) in [6, 6.07) is 13.8. The third-order valence-corrected chi connectivity index (χ3v) is 5.16. The Bertz CT molecular complexity index is 953. The fourth-order valence-electron chi connectivity index (χ4n) is 3.49. The predicted octanol–water partition coefficient (Wildman–Crippen LogP) is 1.97. The van der Waals surface area contributed by atoms with Gasteiger partial charge in [-0.05, 0) is 30.2 Å². The molecule has 144 valence electrons. The van der Waals surface area contributed by atoms with E-state index in [1.54, 1.807) is 24.4 Å². The van der Waals surface area contributed by atoms with Crippen molar-refractivity contribution in [1.82, 2.24) is 30.0 Å². The van der Waals surface area contributed by atoms with Crippen molar-refractivity contribution in [2.75, 3.05) is 13.1 Å². The molecule has 0 aliphatic carbocycles. The Morgan fingerprint density at radius 2 is 1.93 bits per heavy atom. The summed E-state index contributed by atoms with van der Waals surface area (Å²) in [5, 5.41) is 11.5. The first kappa shape index (κ1) is 18.3. The molecule has 1 aromatic carbocycles. The van der Waals surface area contributed by atoms with E-state index in [2.05, 4.69) is 61.2 Å². The standard InChI is InChI=1S/C21H24N6O/c1-16-6-2-3-7-17(16)15-26-11-9-19-24-25-20(27(19)13-12-26)14-23-21(28)18-8-4-5-10-22-18/h2-8,10H,9,11-15H2,1H3,(H,23,28). The molecule has 7 heteroatoms. The van der Waals surface area contributed by atoms with E-state index in [0.717, 1.165) is 44.2 Å². The lowest BCUT2D eigenvalue weighted by Gasteiger charge is -2.20. The van der Waals surface area contributed by atoms with Crippen LogP contribution in [0.5, 0.6) is 0 Å². The Balaban J connectivity index is 1.38. The normalized spacial score (nSPS) is 14.3. The SMILES string of the molecule is Cc1ccccc1CN1CCc2nnc(CNC(=O)c3ccccn3)n2CC1. The van der Waals surface area contributed by atoms with E-state index >= 15 is 0 Å². The maximum atomic E-state index is 12.2. The van der Waals surface area contributed by atoms with E-state index in [4.69, 9.17) is 0 Å². The molecule has 0 saturated carbocycles. The van der Waals surface area contributed by atoms with Gasteiger partial charge in [0.25, 0.3) is 5.91 Å². The Kier molecular flexibility index (Phi) is 5.43. The summed E-state index contributed by atoms with van der Waals surface area (Å²) >= 11 is 0. The number of carbonyl (C=O) groups excluding carboxylic acids is 1. The Labute approximate surface area is 164 Å². The number of carbonyl (C=O) groups is 1. The molecule has 1 amide bonds. The number of hydrogen-bond acceptors (Lipinski definition) is 5. The molecule has 0 radical (unpaired) electrons. The van der Waals surface area contributed by atoms with Gasteiger partial charge in [0, 0.05) is 38.8 Å². The van der Waals surface area contributed by atoms with Crippen LogP contribution < -0.4 is 5.32 Å². The molecule has 0 fully saturated rings. The fourth-order valence-corrected chi connectivity index (χ4v) is 3.49. The lowest BCUT2D eigenvalue weighted by atomic mass is 10.1. The highest BCUT2D eigenvalue weighted by Crippen LogP contribution is 2.15. The van der Waals surface area contributed by atoms with Crippen LogP contribution in [0.3, 0.4) is 0 Å². The highest BCUT2D eigenvalue weighted by atomic mass is 16.1. The summed E-state index contributed by atoms with van der Waals surface area (Å²) in [6.45, 7) is 6.15. The van der Waals surface area contributed by atoms with Gasteiger partial charge in [-0.15, -0.1) is 10.2 Å². The van der Waals surface area contributed by atoms with E-state index in [9.17, 15) is 4.79 Å². The first-order valence-corrected chi connectivity index (χ1v) is 9.58. The van der Waals surface area contributed by atoms with Crippen LogP contribution in [0.25, 0.3) is 0 Å². The molecule has 0 atom stereocenters. The van der Waals surface area contributed by atoms with Crippen molar-refractivity contribution in [3.8, 4) is 0 Å². The monoisotopic (exact) mass is 376 g/mol. The first-order valence-electron chi connectivity index (χ1n) is 9.58. The minimum absolute atomic E-state index is 0.201. The van der Waals surface area contributed by atoms with Crippen LogP contribution in [0.2, 0.25) is 0 Å². The third-order valence-electron chi connectivity index (χ3n) is 5.16. The van der Waals surface area contributed by atoms with Gasteiger partial charge in [0.1, 0.15) is 11.5 Å². The zero-order valence-electron chi connectivity index (χ0n) is 16.0. The van der Waals surface area contributed by atoms with Crippen LogP contribution in [-0.4, -0.2) is 43.6 Å². The van der Waals surface area contributed by atoms with E-state index in [1.165, 1.54) is 11.1 Å². The predicted molar refractivity (Wildman–Crippen MR) is 106 cm³/mol. The van der Waals surface area contributed by atoms with Gasteiger partial charge in [-0.25, -0.2) is 0 Å². The lowest BCUT2D eigenvalue weighted by molar-refractivity contribution is 0.0944. The Morgan fingerprint density at radius 1 is 1.07 bits per heavy atom. The zero-order valence-corrected chi connectivity index (χ0v) is 16.0. The van der Waals surface area contributed by atoms with Gasteiger partial charge in [0.15, 0.2) is 5.82 Å². The summed E-state index contributed by atoms with van der Waals surface area (Å²) in [5.41, 5.74) is 3.09. The second kappa shape index (κ2) is 8.31. The number of pyridine rings is 1. The molecule has 0 saturated heterocycles. The number of amides is 1. The molecule has 4 rings (SSSR count). The number of fused-ring (bicyclic) bond motifs is 1. The molecule has 2 aromatic heterocycles. The van der Waals surface area contributed by atoms with Crippen molar-refractivity contribution < 1.29 is 4.79 Å². The van der Waals surface area contributed by atoms with Gasteiger partial charge in [-0.2, -0.15) is 0 Å². The van der Waals surface area contributed by atoms with Gasteiger partial charge in [0.2, 0.25) is 0 Å². The van der Waals surface area contributed by atoms with E-state index in [-0.39, 0.29) is 5.91 Å². The number of nitrogens with one attached hydrogen (secondary N) is 1. The molecular weight excluding hydrogens is 352 g/mol. The smallest absolute Gasteiger partial charge is 0.270 e. The lowest BCUT2D eigenvalue weighted by Crippen LogP contribution is -2.28. The maximum Gasteiger partial charge on any atom is 0.270 e. The highest BCUT2D eigenvalue weighted by Gasteiger charge is 2.19. The molecular formula is C21H24N6O. The number of aryl methyl sites for hydroxylation is 1. The Hall–Kier alpha value is -3.06. The molecule has 1 aliphatic heterocycles. The highest BCUT2D eigenvalue weighted by molar-refractivity contribution is 5.92. The fraction of sp³-hybridized carbons (Fsp3) is 0.333. The van der Waals surface area contributed by atoms with Crippen molar-refractivity contribution in [3.05, 3.63) is 77.1 Å². The molecule has 1 aliphatic rings. The van der Waals surface area contributed by atoms with Crippen LogP contribution in [0.15, 0.2) is 48.7 Å². The molecule has 28 heavy (non-hydrogen) atoms. The van der Waals surface area contributed by atoms with Crippen LogP contribution in [0.4, 0.5) is 0 Å². The molecule has 3 aromatic rings. The van der Waals surface area contributed by atoms with Crippen molar-refractivity contribution >= 4 is 5.91 Å². The number of aromatic nitrogens is 4. The average molecular weight is 376 g/mol. The second-order valence-corrected chi connectivity index (χ2v) is 7.03. The van der Waals surface area contributed by atoms with Crippen molar-refractivity contribution in [2.24, 2.45) is 0 Å². The van der Waals surface area contributed by atoms with Gasteiger partial charge < -0.3 is 9.88 Å². The summed E-state index contributed by atoms with van der Waals surface area (Å²) < 4.78 is 2.14. The topological polar surface area (TPSA) is 75.9 Å². The second-order valence-electron chi connectivity index (χ2n) is 7.03. The number of nitrogens with zero attached hydrogens (tertiary/aromatic N) is 5. The van der Waals surface area contributed by atoms with Gasteiger partial charge >= 0.3 is 0 Å². The van der Waals surface area contributed by atoms with E-state index < -0.39 is 0 Å². The minimum Gasteiger partial charge on any atom is -0.343 e. The molecule has 3 heterocycles. The Morgan fingerprint density at radius 3 is 2.75 bits per heavy atom. The third kappa shape index (κ3) is 4.09. The number of rotatable bonds is 5. The van der Waals surface area contributed by atoms with Crippen molar-refractivity contribution in [2.45, 2.75) is 33.0 Å². The van der Waals surface area contributed by atoms with Crippen LogP contribution in [0.1, 0.15) is 33.3 Å². The largest absolute Gasteiger partial charge is 0.343 e. The van der Waals surface area contributed by atoms with Crippen LogP contribution >= 0.6 is 0 Å². The molecule has 0 spiro atoms. The van der Waals surface area contributed by atoms with E-state index in [1.807, 2.05) is 0 Å². The van der Waals surface area contributed by atoms with Crippen LogP contribution in [0, 0.1) is 6.92 Å². The number of hydrogen-bond donors (Lipinski definition) is 1. The van der Waals surface area contributed by atoms with Gasteiger partial charge in [-0.1, -0.05) is 30.3 Å². The summed E-state index contributed by atoms with van der Waals surface area (Å²) in [7, 11) is 0. The molecule has 7 nitrogen and oxygen atoms in total. The summed E-state index contributed by atoms with van der Waals surface area (Å²) in [6.07, 6.45) is 2.47. The molecule has 0 bridgehead atoms. The first-order chi connectivity index (χ1) is 13.7.